The van der Waals surface area contributed by atoms with Crippen molar-refractivity contribution in [3.05, 3.63) is 23.8 Å². The molecule has 0 saturated carbocycles. The maximum atomic E-state index is 11.1. The number of carboxylic acid groups (broad SMARTS) is 1. The third-order valence-corrected chi connectivity index (χ3v) is 2.54. The van der Waals surface area contributed by atoms with Crippen molar-refractivity contribution in [1.29, 1.82) is 0 Å². The van der Waals surface area contributed by atoms with Gasteiger partial charge in [0.15, 0.2) is 0 Å². The first-order valence-electron chi connectivity index (χ1n) is 5.87. The van der Waals surface area contributed by atoms with Crippen molar-refractivity contribution < 1.29 is 14.6 Å². The number of benzene rings is 1. The Labute approximate surface area is 107 Å². The second-order valence-corrected chi connectivity index (χ2v) is 4.42. The van der Waals surface area contributed by atoms with Crippen LogP contribution in [-0.2, 0) is 4.74 Å². The van der Waals surface area contributed by atoms with Gasteiger partial charge in [-0.25, -0.2) is 4.79 Å². The monoisotopic (exact) mass is 252 g/mol. The molecule has 18 heavy (non-hydrogen) atoms. The van der Waals surface area contributed by atoms with Crippen LogP contribution in [-0.4, -0.2) is 37.4 Å². The highest BCUT2D eigenvalue weighted by atomic mass is 16.5. The molecule has 5 nitrogen and oxygen atoms in total. The molecule has 100 valence electrons. The SMILES string of the molecule is CC(C)OCCN(C)c1cc(N)ccc1C(=O)O. The van der Waals surface area contributed by atoms with E-state index in [9.17, 15) is 4.79 Å². The van der Waals surface area contributed by atoms with Gasteiger partial charge in [0.25, 0.3) is 0 Å². The fourth-order valence-electron chi connectivity index (χ4n) is 1.59. The van der Waals surface area contributed by atoms with Crippen LogP contribution in [0.3, 0.4) is 0 Å². The van der Waals surface area contributed by atoms with E-state index in [4.69, 9.17) is 15.6 Å². The number of anilines is 2. The lowest BCUT2D eigenvalue weighted by molar-refractivity contribution is 0.0696. The molecular weight excluding hydrogens is 232 g/mol. The molecule has 0 aliphatic carbocycles. The molecule has 0 atom stereocenters. The molecule has 0 aliphatic rings. The quantitative estimate of drug-likeness (QED) is 0.755. The van der Waals surface area contributed by atoms with Crippen LogP contribution < -0.4 is 10.6 Å². The number of nitrogen functional groups attached to an aromatic ring is 1. The van der Waals surface area contributed by atoms with Crippen LogP contribution in [0.15, 0.2) is 18.2 Å². The number of nitrogens with zero attached hydrogens (tertiary/aromatic N) is 1. The van der Waals surface area contributed by atoms with Crippen LogP contribution in [0.1, 0.15) is 24.2 Å². The van der Waals surface area contributed by atoms with Crippen LogP contribution in [0.25, 0.3) is 0 Å². The molecule has 0 spiro atoms. The molecule has 3 N–H and O–H groups in total. The van der Waals surface area contributed by atoms with Gasteiger partial charge in [-0.1, -0.05) is 0 Å². The third kappa shape index (κ3) is 3.92. The zero-order valence-corrected chi connectivity index (χ0v) is 11.0. The molecule has 5 heteroatoms. The number of likely N-dealkylation sites (N-methyl/N-ethyl adjacent to an activating group) is 1. The van der Waals surface area contributed by atoms with Crippen molar-refractivity contribution in [2.24, 2.45) is 0 Å². The molecule has 0 aliphatic heterocycles. The number of hydrogen-bond donors (Lipinski definition) is 2. The van der Waals surface area contributed by atoms with E-state index in [-0.39, 0.29) is 11.7 Å². The summed E-state index contributed by atoms with van der Waals surface area (Å²) in [7, 11) is 1.82. The van der Waals surface area contributed by atoms with Crippen molar-refractivity contribution in [3.8, 4) is 0 Å². The fraction of sp³-hybridized carbons (Fsp3) is 0.462. The van der Waals surface area contributed by atoms with E-state index < -0.39 is 5.97 Å². The van der Waals surface area contributed by atoms with Crippen molar-refractivity contribution in [3.63, 3.8) is 0 Å². The highest BCUT2D eigenvalue weighted by molar-refractivity contribution is 5.95. The molecule has 0 fully saturated rings. The Morgan fingerprint density at radius 3 is 2.72 bits per heavy atom. The highest BCUT2D eigenvalue weighted by Gasteiger charge is 2.13. The standard InChI is InChI=1S/C13H20N2O3/c1-9(2)18-7-6-15(3)12-8-10(14)4-5-11(12)13(16)17/h4-5,8-9H,6-7,14H2,1-3H3,(H,16,17). The minimum atomic E-state index is -0.957. The van der Waals surface area contributed by atoms with Gasteiger partial charge in [0.1, 0.15) is 0 Å². The summed E-state index contributed by atoms with van der Waals surface area (Å²) in [6.45, 7) is 5.08. The summed E-state index contributed by atoms with van der Waals surface area (Å²) >= 11 is 0. The Bertz CT molecular complexity index is 419. The van der Waals surface area contributed by atoms with E-state index in [2.05, 4.69) is 0 Å². The summed E-state index contributed by atoms with van der Waals surface area (Å²) < 4.78 is 5.44. The van der Waals surface area contributed by atoms with Gasteiger partial charge in [-0.15, -0.1) is 0 Å². The average molecular weight is 252 g/mol. The third-order valence-electron chi connectivity index (χ3n) is 2.54. The molecule has 0 unspecified atom stereocenters. The van der Waals surface area contributed by atoms with E-state index in [1.54, 1.807) is 12.1 Å². The second-order valence-electron chi connectivity index (χ2n) is 4.42. The number of aromatic carboxylic acids is 1. The van der Waals surface area contributed by atoms with Crippen LogP contribution in [0.2, 0.25) is 0 Å². The summed E-state index contributed by atoms with van der Waals surface area (Å²) in [5.41, 5.74) is 7.09. The maximum Gasteiger partial charge on any atom is 0.337 e. The molecule has 0 amide bonds. The summed E-state index contributed by atoms with van der Waals surface area (Å²) in [5, 5.41) is 9.12. The molecule has 0 radical (unpaired) electrons. The van der Waals surface area contributed by atoms with E-state index >= 15 is 0 Å². The Hall–Kier alpha value is -1.75. The molecule has 0 heterocycles. The number of ether oxygens (including phenoxy) is 1. The lowest BCUT2D eigenvalue weighted by atomic mass is 10.1. The number of carbonyl (C=O) groups is 1. The Morgan fingerprint density at radius 1 is 1.50 bits per heavy atom. The first-order valence-corrected chi connectivity index (χ1v) is 5.87. The van der Waals surface area contributed by atoms with Crippen LogP contribution >= 0.6 is 0 Å². The number of carboxylic acids is 1. The lowest BCUT2D eigenvalue weighted by Crippen LogP contribution is -2.25. The normalized spacial score (nSPS) is 10.7. The second kappa shape index (κ2) is 6.26. The molecular formula is C13H20N2O3. The summed E-state index contributed by atoms with van der Waals surface area (Å²) in [6, 6.07) is 4.77. The van der Waals surface area contributed by atoms with Gasteiger partial charge in [0.2, 0.25) is 0 Å². The topological polar surface area (TPSA) is 75.8 Å². The zero-order chi connectivity index (χ0) is 13.7. The van der Waals surface area contributed by atoms with Crippen LogP contribution in [0.5, 0.6) is 0 Å². The largest absolute Gasteiger partial charge is 0.478 e. The predicted octanol–water partition coefficient (Wildman–Crippen LogP) is 1.83. The molecule has 0 saturated heterocycles. The van der Waals surface area contributed by atoms with Crippen molar-refractivity contribution in [2.45, 2.75) is 20.0 Å². The zero-order valence-electron chi connectivity index (χ0n) is 11.0. The van der Waals surface area contributed by atoms with Crippen molar-refractivity contribution in [1.82, 2.24) is 0 Å². The summed E-state index contributed by atoms with van der Waals surface area (Å²) in [6.07, 6.45) is 0.165. The molecule has 1 aromatic carbocycles. The van der Waals surface area contributed by atoms with E-state index in [0.717, 1.165) is 0 Å². The van der Waals surface area contributed by atoms with Gasteiger partial charge in [-0.05, 0) is 32.0 Å². The smallest absolute Gasteiger partial charge is 0.337 e. The fourth-order valence-corrected chi connectivity index (χ4v) is 1.59. The van der Waals surface area contributed by atoms with Gasteiger partial charge < -0.3 is 20.5 Å². The Morgan fingerprint density at radius 2 is 2.17 bits per heavy atom. The highest BCUT2D eigenvalue weighted by Crippen LogP contribution is 2.22. The first-order chi connectivity index (χ1) is 8.41. The molecule has 1 aromatic rings. The molecule has 0 aromatic heterocycles. The minimum absolute atomic E-state index is 0.165. The van der Waals surface area contributed by atoms with Gasteiger partial charge in [0, 0.05) is 19.3 Å². The molecule has 0 bridgehead atoms. The van der Waals surface area contributed by atoms with Crippen molar-refractivity contribution >= 4 is 17.3 Å². The van der Waals surface area contributed by atoms with Gasteiger partial charge >= 0.3 is 5.97 Å². The Balaban J connectivity index is 2.80. The van der Waals surface area contributed by atoms with Crippen LogP contribution in [0.4, 0.5) is 11.4 Å². The summed E-state index contributed by atoms with van der Waals surface area (Å²) in [5.74, 6) is -0.957. The number of rotatable bonds is 6. The van der Waals surface area contributed by atoms with Gasteiger partial charge in [-0.2, -0.15) is 0 Å². The minimum Gasteiger partial charge on any atom is -0.478 e. The molecule has 1 rings (SSSR count). The van der Waals surface area contributed by atoms with E-state index in [1.165, 1.54) is 6.07 Å². The lowest BCUT2D eigenvalue weighted by Gasteiger charge is -2.22. The average Bonchev–Trinajstić information content (AvgIpc) is 2.27. The maximum absolute atomic E-state index is 11.1. The van der Waals surface area contributed by atoms with Crippen LogP contribution in [0, 0.1) is 0 Å². The Kier molecular flexibility index (Phi) is 4.97. The van der Waals surface area contributed by atoms with Gasteiger partial charge in [-0.3, -0.25) is 0 Å². The summed E-state index contributed by atoms with van der Waals surface area (Å²) in [4.78, 5) is 13.0. The van der Waals surface area contributed by atoms with Gasteiger partial charge in [0.05, 0.1) is 24.0 Å². The van der Waals surface area contributed by atoms with Crippen molar-refractivity contribution in [2.75, 3.05) is 30.8 Å². The number of hydrogen-bond acceptors (Lipinski definition) is 4. The van der Waals surface area contributed by atoms with E-state index in [0.29, 0.717) is 24.5 Å². The predicted molar refractivity (Wildman–Crippen MR) is 72.2 cm³/mol. The number of nitrogens with two attached hydrogens (primary N) is 1. The van der Waals surface area contributed by atoms with E-state index in [1.807, 2.05) is 25.8 Å². The first kappa shape index (κ1) is 14.3.